The summed E-state index contributed by atoms with van der Waals surface area (Å²) in [6.45, 7) is 1.71. The van der Waals surface area contributed by atoms with Crippen molar-refractivity contribution in [2.24, 2.45) is 5.73 Å². The zero-order chi connectivity index (χ0) is 20.9. The van der Waals surface area contributed by atoms with Crippen molar-refractivity contribution in [1.29, 1.82) is 0 Å². The summed E-state index contributed by atoms with van der Waals surface area (Å²) in [6, 6.07) is 6.61. The van der Waals surface area contributed by atoms with Gasteiger partial charge in [-0.15, -0.1) is 0 Å². The van der Waals surface area contributed by atoms with Crippen LogP contribution in [0.1, 0.15) is 50.8 Å². The Hall–Kier alpha value is -2.78. The van der Waals surface area contributed by atoms with Gasteiger partial charge in [0.15, 0.2) is 12.1 Å². The molecule has 0 amide bonds. The van der Waals surface area contributed by atoms with E-state index >= 15 is 0 Å². The normalized spacial score (nSPS) is 26.2. The third-order valence-corrected chi connectivity index (χ3v) is 5.35. The smallest absolute Gasteiger partial charge is 0.201 e. The number of hydrogen-bond acceptors (Lipinski definition) is 8. The van der Waals surface area contributed by atoms with Gasteiger partial charge in [0.05, 0.1) is 29.9 Å². The van der Waals surface area contributed by atoms with Gasteiger partial charge in [0.1, 0.15) is 11.5 Å². The molecule has 152 valence electrons. The summed E-state index contributed by atoms with van der Waals surface area (Å²) in [5.41, 5.74) is 6.25. The molecule has 0 bridgehead atoms. The number of rotatable bonds is 3. The highest BCUT2D eigenvalue weighted by atomic mass is 16.7. The molecule has 1 saturated heterocycles. The van der Waals surface area contributed by atoms with Gasteiger partial charge >= 0.3 is 0 Å². The third-order valence-electron chi connectivity index (χ3n) is 5.35. The number of hydrogen-bond donors (Lipinski definition) is 4. The van der Waals surface area contributed by atoms with Gasteiger partial charge in [-0.3, -0.25) is 9.59 Å². The van der Waals surface area contributed by atoms with Gasteiger partial charge in [0.2, 0.25) is 5.78 Å². The number of phenolic OH excluding ortho intramolecular Hbond substituents is 2. The first kappa shape index (κ1) is 19.5. The Morgan fingerprint density at radius 3 is 2.55 bits per heavy atom. The number of carbonyl (C=O) groups excluding carboxylic acids is 2. The van der Waals surface area contributed by atoms with E-state index in [4.69, 9.17) is 15.2 Å². The van der Waals surface area contributed by atoms with Gasteiger partial charge in [-0.05, 0) is 30.7 Å². The van der Waals surface area contributed by atoms with Gasteiger partial charge in [0.25, 0.3) is 0 Å². The van der Waals surface area contributed by atoms with Crippen LogP contribution in [0.3, 0.4) is 0 Å². The Bertz CT molecular complexity index is 991. The molecule has 4 atom stereocenters. The van der Waals surface area contributed by atoms with Crippen molar-refractivity contribution < 1.29 is 34.4 Å². The lowest BCUT2D eigenvalue weighted by atomic mass is 9.82. The fourth-order valence-corrected chi connectivity index (χ4v) is 3.81. The topological polar surface area (TPSA) is 139 Å². The third kappa shape index (κ3) is 3.30. The summed E-state index contributed by atoms with van der Waals surface area (Å²) >= 11 is 0. The summed E-state index contributed by atoms with van der Waals surface area (Å²) in [7, 11) is 0. The summed E-state index contributed by atoms with van der Waals surface area (Å²) in [6.07, 6.45) is -1.60. The number of carbonyl (C=O) groups is 2. The molecule has 8 heteroatoms. The van der Waals surface area contributed by atoms with E-state index in [1.807, 2.05) is 0 Å². The van der Waals surface area contributed by atoms with Gasteiger partial charge in [-0.25, -0.2) is 0 Å². The van der Waals surface area contributed by atoms with Crippen LogP contribution in [-0.4, -0.2) is 51.4 Å². The second-order valence-corrected chi connectivity index (χ2v) is 7.37. The molecule has 1 aliphatic heterocycles. The number of aliphatic hydroxyl groups is 1. The SMILES string of the molecule is CC1O[C@@H](OCc2cc(O)c3c(c2)C(=O)c2cccc(O)c2C3=O)C[C@@H](N)[C@H]1O. The van der Waals surface area contributed by atoms with E-state index in [0.29, 0.717) is 12.0 Å². The molecule has 0 aromatic heterocycles. The molecule has 1 aliphatic carbocycles. The maximum Gasteiger partial charge on any atom is 0.201 e. The Balaban J connectivity index is 1.60. The number of fused-ring (bicyclic) bond motifs is 2. The second kappa shape index (κ2) is 7.23. The van der Waals surface area contributed by atoms with E-state index in [1.54, 1.807) is 6.92 Å². The number of phenols is 2. The molecule has 4 rings (SSSR count). The minimum absolute atomic E-state index is 0.00933. The molecule has 29 heavy (non-hydrogen) atoms. The summed E-state index contributed by atoms with van der Waals surface area (Å²) in [5, 5.41) is 30.2. The summed E-state index contributed by atoms with van der Waals surface area (Å²) < 4.78 is 11.3. The molecule has 1 heterocycles. The quantitative estimate of drug-likeness (QED) is 0.515. The van der Waals surface area contributed by atoms with Crippen LogP contribution in [0.2, 0.25) is 0 Å². The monoisotopic (exact) mass is 399 g/mol. The standard InChI is InChI=1S/C21H21NO7/c1-9-19(25)13(22)7-16(29-9)28-8-10-5-12-18(15(24)6-10)21(27)17-11(20(12)26)3-2-4-14(17)23/h2-6,9,13,16,19,23-25H,7-8,22H2,1H3/t9?,13-,16-,19+/m1/s1. The molecule has 0 radical (unpaired) electrons. The van der Waals surface area contributed by atoms with Crippen LogP contribution in [0.5, 0.6) is 11.5 Å². The van der Waals surface area contributed by atoms with Crippen LogP contribution in [0.25, 0.3) is 0 Å². The molecule has 1 fully saturated rings. The van der Waals surface area contributed by atoms with Crippen LogP contribution in [0.15, 0.2) is 30.3 Å². The van der Waals surface area contributed by atoms with Gasteiger partial charge in [-0.1, -0.05) is 12.1 Å². The minimum atomic E-state index is -0.775. The number of benzene rings is 2. The highest BCUT2D eigenvalue weighted by molar-refractivity contribution is 6.30. The van der Waals surface area contributed by atoms with Gasteiger partial charge < -0.3 is 30.5 Å². The number of aromatic hydroxyl groups is 2. The number of aliphatic hydroxyl groups excluding tert-OH is 1. The second-order valence-electron chi connectivity index (χ2n) is 7.37. The van der Waals surface area contributed by atoms with Crippen LogP contribution in [0, 0.1) is 0 Å². The Morgan fingerprint density at radius 1 is 1.10 bits per heavy atom. The Kier molecular flexibility index (Phi) is 4.87. The molecule has 8 nitrogen and oxygen atoms in total. The van der Waals surface area contributed by atoms with E-state index in [2.05, 4.69) is 0 Å². The predicted molar refractivity (Wildman–Crippen MR) is 101 cm³/mol. The van der Waals surface area contributed by atoms with Crippen molar-refractivity contribution in [2.75, 3.05) is 0 Å². The largest absolute Gasteiger partial charge is 0.507 e. The fraction of sp³-hybridized carbons (Fsp3) is 0.333. The zero-order valence-corrected chi connectivity index (χ0v) is 15.7. The fourth-order valence-electron chi connectivity index (χ4n) is 3.81. The van der Waals surface area contributed by atoms with E-state index < -0.39 is 36.1 Å². The zero-order valence-electron chi connectivity index (χ0n) is 15.7. The van der Waals surface area contributed by atoms with E-state index in [-0.39, 0.29) is 40.4 Å². The highest BCUT2D eigenvalue weighted by Crippen LogP contribution is 2.37. The molecule has 2 aliphatic rings. The highest BCUT2D eigenvalue weighted by Gasteiger charge is 2.35. The van der Waals surface area contributed by atoms with Crippen molar-refractivity contribution in [2.45, 2.75) is 44.5 Å². The van der Waals surface area contributed by atoms with E-state index in [1.165, 1.54) is 30.3 Å². The number of nitrogens with two attached hydrogens (primary N) is 1. The average Bonchev–Trinajstić information content (AvgIpc) is 2.68. The van der Waals surface area contributed by atoms with E-state index in [0.717, 1.165) is 0 Å². The predicted octanol–water partition coefficient (Wildman–Crippen LogP) is 1.21. The molecular formula is C21H21NO7. The van der Waals surface area contributed by atoms with Crippen molar-refractivity contribution in [3.63, 3.8) is 0 Å². The Labute approximate surface area is 166 Å². The first-order valence-corrected chi connectivity index (χ1v) is 9.26. The van der Waals surface area contributed by atoms with Crippen LogP contribution in [0.4, 0.5) is 0 Å². The van der Waals surface area contributed by atoms with Crippen LogP contribution >= 0.6 is 0 Å². The molecule has 2 aromatic carbocycles. The molecule has 1 unspecified atom stereocenters. The maximum atomic E-state index is 12.9. The molecule has 5 N–H and O–H groups in total. The van der Waals surface area contributed by atoms with Crippen molar-refractivity contribution in [3.8, 4) is 11.5 Å². The first-order valence-electron chi connectivity index (χ1n) is 9.26. The molecule has 2 aromatic rings. The van der Waals surface area contributed by atoms with Crippen molar-refractivity contribution in [3.05, 3.63) is 58.1 Å². The lowest BCUT2D eigenvalue weighted by Gasteiger charge is -2.35. The lowest BCUT2D eigenvalue weighted by molar-refractivity contribution is -0.226. The van der Waals surface area contributed by atoms with E-state index in [9.17, 15) is 24.9 Å². The molecular weight excluding hydrogens is 378 g/mol. The average molecular weight is 399 g/mol. The Morgan fingerprint density at radius 2 is 1.83 bits per heavy atom. The minimum Gasteiger partial charge on any atom is -0.507 e. The number of ketones is 2. The van der Waals surface area contributed by atoms with Crippen LogP contribution < -0.4 is 5.73 Å². The summed E-state index contributed by atoms with van der Waals surface area (Å²) in [4.78, 5) is 25.6. The summed E-state index contributed by atoms with van der Waals surface area (Å²) in [5.74, 6) is -1.74. The van der Waals surface area contributed by atoms with Gasteiger partial charge in [0, 0.05) is 23.6 Å². The van der Waals surface area contributed by atoms with Crippen molar-refractivity contribution in [1.82, 2.24) is 0 Å². The lowest BCUT2D eigenvalue weighted by Crippen LogP contribution is -2.51. The molecule has 0 spiro atoms. The number of ether oxygens (including phenoxy) is 2. The maximum absolute atomic E-state index is 12.9. The first-order chi connectivity index (χ1) is 13.8. The molecule has 0 saturated carbocycles. The van der Waals surface area contributed by atoms with Crippen molar-refractivity contribution >= 4 is 11.6 Å². The van der Waals surface area contributed by atoms with Gasteiger partial charge in [-0.2, -0.15) is 0 Å². The van der Waals surface area contributed by atoms with Crippen LogP contribution in [-0.2, 0) is 16.1 Å².